The summed E-state index contributed by atoms with van der Waals surface area (Å²) in [5.74, 6) is -0.732. The van der Waals surface area contributed by atoms with Crippen LogP contribution in [0.3, 0.4) is 0 Å². The number of fused-ring (bicyclic) bond motifs is 1. The normalized spacial score (nSPS) is 29.1. The number of hydrogen-bond acceptors (Lipinski definition) is 5. The third-order valence-electron chi connectivity index (χ3n) is 6.84. The van der Waals surface area contributed by atoms with Crippen molar-refractivity contribution in [3.63, 3.8) is 0 Å². The molecule has 1 aromatic rings. The maximum atomic E-state index is 13.6. The lowest BCUT2D eigenvalue weighted by molar-refractivity contribution is -0.138. The van der Waals surface area contributed by atoms with Crippen LogP contribution in [-0.2, 0) is 14.3 Å². The van der Waals surface area contributed by atoms with Crippen LogP contribution in [0.1, 0.15) is 55.8 Å². The van der Waals surface area contributed by atoms with Gasteiger partial charge in [-0.25, -0.2) is 0 Å². The van der Waals surface area contributed by atoms with Crippen molar-refractivity contribution in [3.05, 3.63) is 24.2 Å². The van der Waals surface area contributed by atoms with Gasteiger partial charge in [0.1, 0.15) is 31.1 Å². The molecule has 3 fully saturated rings. The van der Waals surface area contributed by atoms with E-state index in [1.807, 2.05) is 0 Å². The Bertz CT molecular complexity index is 774. The van der Waals surface area contributed by atoms with Crippen LogP contribution in [0.5, 0.6) is 0 Å². The summed E-state index contributed by atoms with van der Waals surface area (Å²) < 4.78 is 10.5. The summed E-state index contributed by atoms with van der Waals surface area (Å²) in [5, 5.41) is 2.48. The van der Waals surface area contributed by atoms with Crippen molar-refractivity contribution in [1.82, 2.24) is 10.2 Å². The molecule has 3 unspecified atom stereocenters. The molecule has 0 radical (unpaired) electrons. The number of furan rings is 1. The number of carbonyl (C=O) groups is 3. The van der Waals surface area contributed by atoms with E-state index in [2.05, 4.69) is 12.2 Å². The molecule has 0 bridgehead atoms. The number of Topliss-reactive ketones (excluding diaryl/α,β-unsaturated/α-hetero) is 1. The number of rotatable bonds is 6. The molecular weight excluding hydrogens is 396 g/mol. The molecule has 2 saturated heterocycles. The third kappa shape index (κ3) is 3.82. The average molecular weight is 423 g/mol. The lowest BCUT2D eigenvalue weighted by Gasteiger charge is -2.34. The van der Waals surface area contributed by atoms with Crippen LogP contribution in [0.2, 0.25) is 0 Å². The molecule has 8 heteroatoms. The van der Waals surface area contributed by atoms with Crippen molar-refractivity contribution in [1.29, 1.82) is 0 Å². The zero-order chi connectivity index (χ0) is 20.6. The van der Waals surface area contributed by atoms with E-state index in [9.17, 15) is 14.4 Å². The van der Waals surface area contributed by atoms with E-state index >= 15 is 0 Å². The number of ketones is 1. The predicted octanol–water partition coefficient (Wildman–Crippen LogP) is 2.52. The van der Waals surface area contributed by atoms with Crippen molar-refractivity contribution in [2.45, 2.75) is 69.0 Å². The molecule has 29 heavy (non-hydrogen) atoms. The molecule has 1 saturated carbocycles. The molecule has 0 aromatic carbocycles. The van der Waals surface area contributed by atoms with E-state index in [1.165, 1.54) is 17.4 Å². The fraction of sp³-hybridized carbons (Fsp3) is 0.667. The van der Waals surface area contributed by atoms with Gasteiger partial charge in [-0.05, 0) is 30.7 Å². The Kier molecular flexibility index (Phi) is 5.71. The molecular formula is C21H27ClN2O5. The second-order valence-corrected chi connectivity index (χ2v) is 9.06. The molecule has 0 spiro atoms. The van der Waals surface area contributed by atoms with Crippen LogP contribution >= 0.6 is 11.6 Å². The monoisotopic (exact) mass is 422 g/mol. The molecule has 4 rings (SSSR count). The Morgan fingerprint density at radius 3 is 2.79 bits per heavy atom. The van der Waals surface area contributed by atoms with Crippen LogP contribution in [0.4, 0.5) is 0 Å². The standard InChI is InChI=1S/C21H27ClN2O5/c1-2-21(6-3-4-7-21)9-15(23-19(26)13-5-8-28-11-13)20(27)24-10-14(22)18-17(24)16(25)12-29-18/h5,8,11,14-15,17-18H,2-4,6-7,9-10,12H2,1H3,(H,23,26)/t14-,15?,17?,18?/m1/s1. The number of nitrogens with one attached hydrogen (secondary N) is 1. The van der Waals surface area contributed by atoms with Crippen LogP contribution in [-0.4, -0.2) is 59.2 Å². The summed E-state index contributed by atoms with van der Waals surface area (Å²) in [6.45, 7) is 2.37. The molecule has 158 valence electrons. The zero-order valence-corrected chi connectivity index (χ0v) is 17.3. The molecule has 1 aromatic heterocycles. The smallest absolute Gasteiger partial charge is 0.255 e. The number of amides is 2. The van der Waals surface area contributed by atoms with Crippen LogP contribution in [0.15, 0.2) is 23.0 Å². The number of likely N-dealkylation sites (tertiary alicyclic amines) is 1. The summed E-state index contributed by atoms with van der Waals surface area (Å²) in [5.41, 5.74) is 0.397. The first-order valence-corrected chi connectivity index (χ1v) is 10.8. The fourth-order valence-electron chi connectivity index (χ4n) is 5.12. The number of hydrogen-bond donors (Lipinski definition) is 1. The van der Waals surface area contributed by atoms with Crippen LogP contribution in [0.25, 0.3) is 0 Å². The molecule has 1 N–H and O–H groups in total. The molecule has 1 aliphatic carbocycles. The molecule has 2 amide bonds. The first-order chi connectivity index (χ1) is 13.9. The number of ether oxygens (including phenoxy) is 1. The van der Waals surface area contributed by atoms with Crippen LogP contribution in [0, 0.1) is 5.41 Å². The van der Waals surface area contributed by atoms with Crippen molar-refractivity contribution in [2.75, 3.05) is 13.2 Å². The summed E-state index contributed by atoms with van der Waals surface area (Å²) in [6, 6.07) is 0.197. The van der Waals surface area contributed by atoms with Gasteiger partial charge in [0.15, 0.2) is 5.78 Å². The van der Waals surface area contributed by atoms with Crippen LogP contribution < -0.4 is 5.32 Å². The minimum atomic E-state index is -0.716. The second kappa shape index (κ2) is 8.11. The van der Waals surface area contributed by atoms with Crippen molar-refractivity contribution < 1.29 is 23.5 Å². The largest absolute Gasteiger partial charge is 0.472 e. The number of nitrogens with zero attached hydrogens (tertiary/aromatic N) is 1. The Morgan fingerprint density at radius 1 is 1.38 bits per heavy atom. The van der Waals surface area contributed by atoms with Gasteiger partial charge in [0.25, 0.3) is 5.91 Å². The van der Waals surface area contributed by atoms with E-state index in [1.54, 1.807) is 6.07 Å². The van der Waals surface area contributed by atoms with Crippen molar-refractivity contribution >= 4 is 29.2 Å². The lowest BCUT2D eigenvalue weighted by atomic mass is 9.77. The van der Waals surface area contributed by atoms with Gasteiger partial charge < -0.3 is 19.4 Å². The first-order valence-electron chi connectivity index (χ1n) is 10.4. The Balaban J connectivity index is 1.57. The maximum Gasteiger partial charge on any atom is 0.255 e. The summed E-state index contributed by atoms with van der Waals surface area (Å²) >= 11 is 6.36. The van der Waals surface area contributed by atoms with Gasteiger partial charge >= 0.3 is 0 Å². The van der Waals surface area contributed by atoms with Gasteiger partial charge in [-0.1, -0.05) is 26.2 Å². The summed E-state index contributed by atoms with van der Waals surface area (Å²) in [4.78, 5) is 40.1. The van der Waals surface area contributed by atoms with E-state index in [0.29, 0.717) is 12.0 Å². The molecule has 7 nitrogen and oxygen atoms in total. The minimum absolute atomic E-state index is 0.0206. The molecule has 3 aliphatic rings. The van der Waals surface area contributed by atoms with Gasteiger partial charge in [0, 0.05) is 6.54 Å². The zero-order valence-electron chi connectivity index (χ0n) is 16.6. The van der Waals surface area contributed by atoms with E-state index in [4.69, 9.17) is 20.8 Å². The highest BCUT2D eigenvalue weighted by atomic mass is 35.5. The Hall–Kier alpha value is -1.86. The Morgan fingerprint density at radius 2 is 2.14 bits per heavy atom. The first kappa shape index (κ1) is 20.4. The van der Waals surface area contributed by atoms with E-state index in [-0.39, 0.29) is 36.2 Å². The summed E-state index contributed by atoms with van der Waals surface area (Å²) in [6.07, 6.45) is 8.17. The average Bonchev–Trinajstić information content (AvgIpc) is 3.48. The lowest BCUT2D eigenvalue weighted by Crippen LogP contribution is -2.53. The number of alkyl halides is 1. The quantitative estimate of drug-likeness (QED) is 0.711. The van der Waals surface area contributed by atoms with Crippen molar-refractivity contribution in [3.8, 4) is 0 Å². The highest BCUT2D eigenvalue weighted by molar-refractivity contribution is 6.22. The Labute approximate surface area is 175 Å². The third-order valence-corrected chi connectivity index (χ3v) is 7.23. The van der Waals surface area contributed by atoms with E-state index in [0.717, 1.165) is 32.1 Å². The van der Waals surface area contributed by atoms with Gasteiger partial charge in [-0.3, -0.25) is 14.4 Å². The molecule has 4 atom stereocenters. The topological polar surface area (TPSA) is 88.8 Å². The van der Waals surface area contributed by atoms with Gasteiger partial charge in [-0.15, -0.1) is 11.6 Å². The minimum Gasteiger partial charge on any atom is -0.472 e. The molecule has 2 aliphatic heterocycles. The predicted molar refractivity (Wildman–Crippen MR) is 106 cm³/mol. The van der Waals surface area contributed by atoms with E-state index < -0.39 is 23.6 Å². The van der Waals surface area contributed by atoms with Gasteiger partial charge in [0.2, 0.25) is 5.91 Å². The van der Waals surface area contributed by atoms with Gasteiger partial charge in [-0.2, -0.15) is 0 Å². The number of halogens is 1. The fourth-order valence-corrected chi connectivity index (χ4v) is 5.48. The summed E-state index contributed by atoms with van der Waals surface area (Å²) in [7, 11) is 0. The highest BCUT2D eigenvalue weighted by Gasteiger charge is 2.53. The number of carbonyl (C=O) groups excluding carboxylic acids is 3. The maximum absolute atomic E-state index is 13.6. The van der Waals surface area contributed by atoms with Gasteiger partial charge in [0.05, 0.1) is 17.2 Å². The second-order valence-electron chi connectivity index (χ2n) is 8.50. The SMILES string of the molecule is CCC1(CC(NC(=O)c2ccoc2)C(=O)N2C[C@@H](Cl)C3OCC(=O)C32)CCCC1. The highest BCUT2D eigenvalue weighted by Crippen LogP contribution is 2.45. The van der Waals surface area contributed by atoms with Crippen molar-refractivity contribution in [2.24, 2.45) is 5.41 Å². The molecule has 3 heterocycles.